The average Bonchev–Trinajstić information content (AvgIpc) is 2.81. The van der Waals surface area contributed by atoms with Gasteiger partial charge in [0.15, 0.2) is 5.16 Å². The molecule has 0 atom stereocenters. The molecule has 2 aromatic rings. The number of esters is 1. The third-order valence-corrected chi connectivity index (χ3v) is 4.34. The van der Waals surface area contributed by atoms with Crippen LogP contribution in [0.25, 0.3) is 0 Å². The van der Waals surface area contributed by atoms with Gasteiger partial charge in [0.1, 0.15) is 0 Å². The molecule has 1 heterocycles. The second-order valence-electron chi connectivity index (χ2n) is 5.68. The lowest BCUT2D eigenvalue weighted by Gasteiger charge is -2.13. The van der Waals surface area contributed by atoms with E-state index in [1.54, 1.807) is 0 Å². The molecule has 5 N–H and O–H groups in total. The van der Waals surface area contributed by atoms with E-state index in [0.29, 0.717) is 5.69 Å². The molecule has 1 aromatic heterocycles. The number of benzene rings is 1. The van der Waals surface area contributed by atoms with Crippen LogP contribution in [-0.2, 0) is 19.0 Å². The Morgan fingerprint density at radius 2 is 1.67 bits per heavy atom. The van der Waals surface area contributed by atoms with Gasteiger partial charge in [-0.1, -0.05) is 11.8 Å². The number of nitrogens with zero attached hydrogens (tertiary/aromatic N) is 3. The first-order valence-corrected chi connectivity index (χ1v) is 9.79. The molecule has 0 aliphatic rings. The number of aromatic nitrogens is 3. The van der Waals surface area contributed by atoms with Gasteiger partial charge in [0, 0.05) is 5.69 Å². The number of hydrazine groups is 1. The van der Waals surface area contributed by atoms with Crippen LogP contribution in [0.1, 0.15) is 10.4 Å². The molecule has 0 saturated carbocycles. The van der Waals surface area contributed by atoms with E-state index in [4.69, 9.17) is 9.84 Å². The van der Waals surface area contributed by atoms with E-state index in [1.807, 2.05) is 0 Å². The second-order valence-corrected chi connectivity index (χ2v) is 6.63. The number of amides is 2. The molecular formula is C17H19N7O8S. The molecule has 0 aliphatic carbocycles. The van der Waals surface area contributed by atoms with E-state index >= 15 is 0 Å². The first-order chi connectivity index (χ1) is 15.7. The molecule has 0 radical (unpaired) electrons. The average molecular weight is 481 g/mol. The molecule has 176 valence electrons. The van der Waals surface area contributed by atoms with Gasteiger partial charge < -0.3 is 24.6 Å². The summed E-state index contributed by atoms with van der Waals surface area (Å²) in [5.41, 5.74) is 5.03. The SMILES string of the molecule is COC(=O)NNc1nc(Nc2ccc(NC(=O)OC)c(C(=O)OC)c2)nc(SCC(=O)O)n1. The number of nitrogens with one attached hydrogen (secondary N) is 4. The van der Waals surface area contributed by atoms with Crippen molar-refractivity contribution in [1.29, 1.82) is 0 Å². The van der Waals surface area contributed by atoms with Gasteiger partial charge in [-0.3, -0.25) is 15.5 Å². The van der Waals surface area contributed by atoms with E-state index in [0.717, 1.165) is 18.9 Å². The fraction of sp³-hybridized carbons (Fsp3) is 0.235. The number of thioether (sulfide) groups is 1. The highest BCUT2D eigenvalue weighted by Gasteiger charge is 2.16. The third kappa shape index (κ3) is 7.69. The van der Waals surface area contributed by atoms with Gasteiger partial charge in [0.2, 0.25) is 11.9 Å². The summed E-state index contributed by atoms with van der Waals surface area (Å²) in [5.74, 6) is -2.32. The van der Waals surface area contributed by atoms with E-state index in [2.05, 4.69) is 45.9 Å². The van der Waals surface area contributed by atoms with Crippen molar-refractivity contribution in [3.05, 3.63) is 23.8 Å². The summed E-state index contributed by atoms with van der Waals surface area (Å²) in [7, 11) is 3.50. The van der Waals surface area contributed by atoms with E-state index in [1.165, 1.54) is 32.4 Å². The van der Waals surface area contributed by atoms with Gasteiger partial charge in [0.25, 0.3) is 0 Å². The lowest BCUT2D eigenvalue weighted by atomic mass is 10.1. The van der Waals surface area contributed by atoms with E-state index in [9.17, 15) is 19.2 Å². The lowest BCUT2D eigenvalue weighted by Crippen LogP contribution is -2.30. The van der Waals surface area contributed by atoms with Gasteiger partial charge in [-0.25, -0.2) is 19.8 Å². The molecular weight excluding hydrogens is 462 g/mol. The predicted octanol–water partition coefficient (Wildman–Crippen LogP) is 1.44. The zero-order chi connectivity index (χ0) is 24.4. The standard InChI is InChI=1S/C17H19N7O8S/c1-30-12(27)9-6-8(4-5-10(9)19-16(28)31-2)18-13-20-14(23-24-17(29)32-3)22-15(21-13)33-7-11(25)26/h4-6H,7H2,1-3H3,(H,19,28)(H,24,29)(H,25,26)(H2,18,20,21,22,23). The van der Waals surface area contributed by atoms with E-state index < -0.39 is 24.1 Å². The molecule has 1 aromatic carbocycles. The summed E-state index contributed by atoms with van der Waals surface area (Å²) >= 11 is 0.810. The highest BCUT2D eigenvalue weighted by atomic mass is 32.2. The fourth-order valence-corrected chi connectivity index (χ4v) is 2.67. The normalized spacial score (nSPS) is 9.91. The first kappa shape index (κ1) is 24.9. The largest absolute Gasteiger partial charge is 0.481 e. The van der Waals surface area contributed by atoms with Crippen LogP contribution >= 0.6 is 11.8 Å². The summed E-state index contributed by atoms with van der Waals surface area (Å²) in [4.78, 5) is 57.9. The number of methoxy groups -OCH3 is 3. The number of hydrogen-bond donors (Lipinski definition) is 5. The van der Waals surface area contributed by atoms with Crippen molar-refractivity contribution in [3.63, 3.8) is 0 Å². The number of carbonyl (C=O) groups is 4. The number of rotatable bonds is 9. The Morgan fingerprint density at radius 3 is 2.30 bits per heavy atom. The topological polar surface area (TPSA) is 203 Å². The number of carboxylic acid groups (broad SMARTS) is 1. The quantitative estimate of drug-likeness (QED) is 0.149. The minimum atomic E-state index is -1.09. The third-order valence-electron chi connectivity index (χ3n) is 3.50. The minimum Gasteiger partial charge on any atom is -0.481 e. The van der Waals surface area contributed by atoms with Crippen LogP contribution in [0.2, 0.25) is 0 Å². The Kier molecular flexibility index (Phi) is 8.98. The van der Waals surface area contributed by atoms with Gasteiger partial charge >= 0.3 is 24.1 Å². The van der Waals surface area contributed by atoms with Gasteiger partial charge in [-0.15, -0.1) is 0 Å². The molecule has 0 saturated heterocycles. The molecule has 0 aliphatic heterocycles. The highest BCUT2D eigenvalue weighted by molar-refractivity contribution is 7.99. The Hall–Kier alpha value is -4.34. The van der Waals surface area contributed by atoms with Crippen molar-refractivity contribution in [2.24, 2.45) is 0 Å². The van der Waals surface area contributed by atoms with Crippen molar-refractivity contribution < 1.29 is 38.5 Å². The monoisotopic (exact) mass is 481 g/mol. The predicted molar refractivity (Wildman–Crippen MR) is 114 cm³/mol. The first-order valence-electron chi connectivity index (χ1n) is 8.80. The Labute approximate surface area is 190 Å². The molecule has 0 fully saturated rings. The summed E-state index contributed by atoms with van der Waals surface area (Å²) in [6.07, 6.45) is -1.60. The number of anilines is 4. The number of hydrogen-bond acceptors (Lipinski definition) is 13. The molecule has 2 rings (SSSR count). The van der Waals surface area contributed by atoms with Crippen LogP contribution in [0.4, 0.5) is 32.9 Å². The van der Waals surface area contributed by atoms with Gasteiger partial charge in [-0.2, -0.15) is 15.0 Å². The van der Waals surface area contributed by atoms with Crippen LogP contribution < -0.4 is 21.5 Å². The molecule has 0 bridgehead atoms. The summed E-state index contributed by atoms with van der Waals surface area (Å²) in [6.45, 7) is 0. The highest BCUT2D eigenvalue weighted by Crippen LogP contribution is 2.25. The van der Waals surface area contributed by atoms with Gasteiger partial charge in [-0.05, 0) is 18.2 Å². The molecule has 33 heavy (non-hydrogen) atoms. The van der Waals surface area contributed by atoms with Crippen LogP contribution in [0, 0.1) is 0 Å². The van der Waals surface area contributed by atoms with Crippen LogP contribution in [0.3, 0.4) is 0 Å². The molecule has 2 amide bonds. The maximum atomic E-state index is 12.1. The number of ether oxygens (including phenoxy) is 3. The van der Waals surface area contributed by atoms with Crippen molar-refractivity contribution in [2.75, 3.05) is 43.1 Å². The fourth-order valence-electron chi connectivity index (χ4n) is 2.12. The van der Waals surface area contributed by atoms with Crippen LogP contribution in [0.15, 0.2) is 23.4 Å². The Morgan fingerprint density at radius 1 is 0.970 bits per heavy atom. The van der Waals surface area contributed by atoms with Crippen molar-refractivity contribution in [1.82, 2.24) is 20.4 Å². The van der Waals surface area contributed by atoms with E-state index in [-0.39, 0.29) is 34.1 Å². The molecule has 0 unspecified atom stereocenters. The Bertz CT molecular complexity index is 1050. The summed E-state index contributed by atoms with van der Waals surface area (Å²) in [5, 5.41) is 14.1. The molecule has 16 heteroatoms. The van der Waals surface area contributed by atoms with Crippen molar-refractivity contribution in [3.8, 4) is 0 Å². The molecule has 0 spiro atoms. The van der Waals surface area contributed by atoms with Crippen molar-refractivity contribution in [2.45, 2.75) is 5.16 Å². The maximum Gasteiger partial charge on any atom is 0.425 e. The summed E-state index contributed by atoms with van der Waals surface area (Å²) in [6, 6.07) is 4.29. The van der Waals surface area contributed by atoms with Crippen LogP contribution in [-0.4, -0.2) is 71.3 Å². The molecule has 15 nitrogen and oxygen atoms in total. The van der Waals surface area contributed by atoms with Gasteiger partial charge in [0.05, 0.1) is 38.3 Å². The lowest BCUT2D eigenvalue weighted by molar-refractivity contribution is -0.133. The smallest absolute Gasteiger partial charge is 0.425 e. The zero-order valence-electron chi connectivity index (χ0n) is 17.5. The maximum absolute atomic E-state index is 12.1. The number of carbonyl (C=O) groups excluding carboxylic acids is 3. The van der Waals surface area contributed by atoms with Crippen molar-refractivity contribution >= 4 is 59.2 Å². The number of carboxylic acids is 1. The minimum absolute atomic E-state index is 0.00754. The summed E-state index contributed by atoms with van der Waals surface area (Å²) < 4.78 is 13.7. The Balaban J connectivity index is 2.35. The zero-order valence-corrected chi connectivity index (χ0v) is 18.3. The second kappa shape index (κ2) is 11.9. The number of aliphatic carboxylic acids is 1. The van der Waals surface area contributed by atoms with Crippen LogP contribution in [0.5, 0.6) is 0 Å².